The minimum atomic E-state index is -4.22. The van der Waals surface area contributed by atoms with Crippen molar-refractivity contribution in [2.24, 2.45) is 5.41 Å². The van der Waals surface area contributed by atoms with Gasteiger partial charge in [-0.2, -0.15) is 9.57 Å². The maximum absolute atomic E-state index is 14.7. The number of nitrogens with one attached hydrogen (secondary N) is 1. The largest absolute Gasteiger partial charge is 0.299 e. The van der Waals surface area contributed by atoms with Crippen LogP contribution in [0.1, 0.15) is 65.0 Å². The summed E-state index contributed by atoms with van der Waals surface area (Å²) < 4.78 is 59.6. The van der Waals surface area contributed by atoms with Gasteiger partial charge in [0.25, 0.3) is 0 Å². The van der Waals surface area contributed by atoms with Crippen LogP contribution in [0, 0.1) is 16.7 Å². The lowest BCUT2D eigenvalue weighted by Gasteiger charge is -2.41. The van der Waals surface area contributed by atoms with E-state index in [-0.39, 0.29) is 12.0 Å². The smallest absolute Gasteiger partial charge is 0.219 e. The van der Waals surface area contributed by atoms with Crippen molar-refractivity contribution < 1.29 is 16.8 Å². The minimum Gasteiger partial charge on any atom is -0.299 e. The second kappa shape index (κ2) is 14.3. The number of rotatable bonds is 14. The second-order valence-corrected chi connectivity index (χ2v) is 16.9. The van der Waals surface area contributed by atoms with Gasteiger partial charge in [0, 0.05) is 35.2 Å². The van der Waals surface area contributed by atoms with Crippen molar-refractivity contribution in [2.75, 3.05) is 6.54 Å². The first kappa shape index (κ1) is 34.4. The predicted octanol–water partition coefficient (Wildman–Crippen LogP) is 5.96. The standard InChI is InChI=1S/C34H43N5O4S2/c1-6-11-25(2)39(45(42,43)24-27-19-29-13-8-10-15-31(29)38-22-27)33(32(36-17-16-35)20-34(3,4)5)44(40,41)23-26-18-28-12-7-9-14-30(28)37-21-26/h7-10,12-15,18-19,21-22,25,32-33,36H,6,11,17,20,23-24H2,1-5H3/t25-,32?,33-/m0/s1. The third-order valence-electron chi connectivity index (χ3n) is 7.71. The van der Waals surface area contributed by atoms with Gasteiger partial charge >= 0.3 is 0 Å². The van der Waals surface area contributed by atoms with Crippen LogP contribution in [-0.4, -0.2) is 55.1 Å². The molecule has 1 N–H and O–H groups in total. The Labute approximate surface area is 267 Å². The lowest BCUT2D eigenvalue weighted by Crippen LogP contribution is -2.59. The molecule has 2 aromatic heterocycles. The first-order valence-electron chi connectivity index (χ1n) is 15.2. The van der Waals surface area contributed by atoms with E-state index in [0.717, 1.165) is 21.8 Å². The molecule has 2 aromatic carbocycles. The van der Waals surface area contributed by atoms with Gasteiger partial charge in [-0.15, -0.1) is 0 Å². The maximum atomic E-state index is 14.7. The number of fused-ring (bicyclic) bond motifs is 2. The van der Waals surface area contributed by atoms with Crippen LogP contribution in [0.3, 0.4) is 0 Å². The SMILES string of the molecule is CCC[C@H](C)N([C@H](C(CC(C)(C)C)NCC#N)S(=O)(=O)Cc1cnc2ccccc2c1)S(=O)(=O)Cc1cnc2ccccc2c1. The Morgan fingerprint density at radius 2 is 1.42 bits per heavy atom. The van der Waals surface area contributed by atoms with Crippen LogP contribution >= 0.6 is 0 Å². The zero-order valence-electron chi connectivity index (χ0n) is 26.6. The number of aromatic nitrogens is 2. The number of hydrogen-bond acceptors (Lipinski definition) is 8. The Kier molecular flexibility index (Phi) is 11.0. The number of sulfone groups is 1. The van der Waals surface area contributed by atoms with E-state index in [0.29, 0.717) is 30.4 Å². The maximum Gasteiger partial charge on any atom is 0.219 e. The molecule has 0 bridgehead atoms. The number of hydrogen-bond donors (Lipinski definition) is 1. The molecule has 45 heavy (non-hydrogen) atoms. The van der Waals surface area contributed by atoms with Crippen molar-refractivity contribution >= 4 is 41.7 Å². The lowest BCUT2D eigenvalue weighted by atomic mass is 9.87. The van der Waals surface area contributed by atoms with Crippen molar-refractivity contribution in [3.63, 3.8) is 0 Å². The fourth-order valence-corrected chi connectivity index (χ4v) is 10.6. The Balaban J connectivity index is 1.86. The van der Waals surface area contributed by atoms with Crippen LogP contribution in [0.2, 0.25) is 0 Å². The molecule has 0 radical (unpaired) electrons. The summed E-state index contributed by atoms with van der Waals surface area (Å²) in [6.45, 7) is 9.49. The van der Waals surface area contributed by atoms with Crippen molar-refractivity contribution in [1.82, 2.24) is 19.6 Å². The molecule has 4 rings (SSSR count). The zero-order chi connectivity index (χ0) is 32.8. The highest BCUT2D eigenvalue weighted by atomic mass is 32.2. The molecule has 3 atom stereocenters. The van der Waals surface area contributed by atoms with Gasteiger partial charge in [0.2, 0.25) is 10.0 Å². The van der Waals surface area contributed by atoms with Gasteiger partial charge in [-0.05, 0) is 60.6 Å². The molecule has 0 spiro atoms. The highest BCUT2D eigenvalue weighted by molar-refractivity contribution is 7.93. The number of pyridine rings is 2. The van der Waals surface area contributed by atoms with E-state index in [1.807, 2.05) is 76.2 Å². The second-order valence-electron chi connectivity index (χ2n) is 12.9. The molecule has 0 aliphatic rings. The highest BCUT2D eigenvalue weighted by Crippen LogP contribution is 2.33. The third kappa shape index (κ3) is 8.85. The van der Waals surface area contributed by atoms with Gasteiger partial charge in [0.05, 0.1) is 35.2 Å². The number of nitriles is 1. The monoisotopic (exact) mass is 649 g/mol. The first-order chi connectivity index (χ1) is 21.2. The molecule has 9 nitrogen and oxygen atoms in total. The van der Waals surface area contributed by atoms with Crippen LogP contribution in [0.5, 0.6) is 0 Å². The van der Waals surface area contributed by atoms with Crippen LogP contribution in [0.4, 0.5) is 0 Å². The van der Waals surface area contributed by atoms with Gasteiger partial charge < -0.3 is 0 Å². The third-order valence-corrected chi connectivity index (χ3v) is 11.8. The summed E-state index contributed by atoms with van der Waals surface area (Å²) in [5.74, 6) is -0.824. The molecule has 0 saturated heterocycles. The molecule has 1 unspecified atom stereocenters. The molecule has 0 fully saturated rings. The Morgan fingerprint density at radius 1 is 0.889 bits per heavy atom. The molecule has 0 saturated carbocycles. The molecular weight excluding hydrogens is 607 g/mol. The van der Waals surface area contributed by atoms with Gasteiger partial charge in [0.15, 0.2) is 9.84 Å². The normalized spacial score (nSPS) is 14.8. The average molecular weight is 650 g/mol. The van der Waals surface area contributed by atoms with Crippen molar-refractivity contribution in [2.45, 2.75) is 82.8 Å². The summed E-state index contributed by atoms with van der Waals surface area (Å²) >= 11 is 0. The summed E-state index contributed by atoms with van der Waals surface area (Å²) in [6.07, 6.45) is 4.50. The van der Waals surface area contributed by atoms with Crippen LogP contribution in [0.25, 0.3) is 21.8 Å². The summed E-state index contributed by atoms with van der Waals surface area (Å²) in [4.78, 5) is 8.90. The fraction of sp³-hybridized carbons (Fsp3) is 0.441. The van der Waals surface area contributed by atoms with Crippen molar-refractivity contribution in [3.05, 3.63) is 84.2 Å². The number of benzene rings is 2. The van der Waals surface area contributed by atoms with Crippen LogP contribution in [-0.2, 0) is 31.4 Å². The van der Waals surface area contributed by atoms with E-state index in [4.69, 9.17) is 0 Å². The van der Waals surface area contributed by atoms with E-state index < -0.39 is 48.8 Å². The van der Waals surface area contributed by atoms with Gasteiger partial charge in [-0.1, -0.05) is 70.5 Å². The average Bonchev–Trinajstić information content (AvgIpc) is 2.96. The van der Waals surface area contributed by atoms with Crippen molar-refractivity contribution in [3.8, 4) is 6.07 Å². The van der Waals surface area contributed by atoms with E-state index in [9.17, 15) is 22.1 Å². The molecule has 240 valence electrons. The lowest BCUT2D eigenvalue weighted by molar-refractivity contribution is 0.216. The molecule has 2 heterocycles. The quantitative estimate of drug-likeness (QED) is 0.165. The number of sulfonamides is 1. The molecule has 0 amide bonds. The Morgan fingerprint density at radius 3 is 1.93 bits per heavy atom. The summed E-state index contributed by atoms with van der Waals surface area (Å²) in [6, 6.07) is 19.0. The molecule has 11 heteroatoms. The van der Waals surface area contributed by atoms with Crippen molar-refractivity contribution in [1.29, 1.82) is 5.26 Å². The Hall–Kier alpha value is -3.43. The summed E-state index contributed by atoms with van der Waals surface area (Å²) in [7, 11) is -8.42. The predicted molar refractivity (Wildman–Crippen MR) is 180 cm³/mol. The fourth-order valence-electron chi connectivity index (χ4n) is 5.92. The molecule has 0 aliphatic heterocycles. The molecular formula is C34H43N5O4S2. The van der Waals surface area contributed by atoms with E-state index in [1.165, 1.54) is 16.7 Å². The number of nitrogens with zero attached hydrogens (tertiary/aromatic N) is 4. The van der Waals surface area contributed by atoms with Gasteiger partial charge in [-0.25, -0.2) is 16.8 Å². The van der Waals surface area contributed by atoms with E-state index in [2.05, 4.69) is 21.4 Å². The minimum absolute atomic E-state index is 0.130. The van der Waals surface area contributed by atoms with Crippen LogP contribution in [0.15, 0.2) is 73.1 Å². The zero-order valence-corrected chi connectivity index (χ0v) is 28.3. The van der Waals surface area contributed by atoms with Gasteiger partial charge in [-0.3, -0.25) is 15.3 Å². The highest BCUT2D eigenvalue weighted by Gasteiger charge is 2.46. The molecule has 0 aliphatic carbocycles. The summed E-state index contributed by atoms with van der Waals surface area (Å²) in [5.41, 5.74) is 2.03. The summed E-state index contributed by atoms with van der Waals surface area (Å²) in [5, 5.41) is 12.7. The number of para-hydroxylation sites is 2. The Bertz CT molecular complexity index is 1880. The topological polar surface area (TPSA) is 133 Å². The van der Waals surface area contributed by atoms with Crippen LogP contribution < -0.4 is 5.32 Å². The first-order valence-corrected chi connectivity index (χ1v) is 18.6. The van der Waals surface area contributed by atoms with Gasteiger partial charge in [0.1, 0.15) is 5.37 Å². The molecule has 4 aromatic rings. The van der Waals surface area contributed by atoms with E-state index in [1.54, 1.807) is 19.1 Å². The van der Waals surface area contributed by atoms with E-state index >= 15 is 0 Å².